The van der Waals surface area contributed by atoms with Crippen LogP contribution in [0, 0.1) is 11.3 Å². The van der Waals surface area contributed by atoms with E-state index in [1.54, 1.807) is 25.3 Å². The number of nitriles is 1. The van der Waals surface area contributed by atoms with Crippen LogP contribution in [0.4, 0.5) is 5.69 Å². The van der Waals surface area contributed by atoms with Gasteiger partial charge in [-0.1, -0.05) is 23.7 Å². The molecule has 0 saturated carbocycles. The van der Waals surface area contributed by atoms with E-state index in [0.717, 1.165) is 16.2 Å². The molecule has 2 rings (SSSR count). The minimum absolute atomic E-state index is 0.172. The van der Waals surface area contributed by atoms with Crippen molar-refractivity contribution in [2.45, 2.75) is 6.54 Å². The fourth-order valence-electron chi connectivity index (χ4n) is 2.38. The van der Waals surface area contributed by atoms with Gasteiger partial charge in [-0.3, -0.25) is 4.79 Å². The van der Waals surface area contributed by atoms with Gasteiger partial charge >= 0.3 is 0 Å². The summed E-state index contributed by atoms with van der Waals surface area (Å²) in [7, 11) is 3.56. The highest BCUT2D eigenvalue weighted by Crippen LogP contribution is 2.20. The van der Waals surface area contributed by atoms with Crippen LogP contribution < -0.4 is 15.0 Å². The average Bonchev–Trinajstić information content (AvgIpc) is 2.55. The maximum Gasteiger partial charge on any atom is 0.279 e. The van der Waals surface area contributed by atoms with Gasteiger partial charge in [-0.05, 0) is 30.3 Å². The number of quaternary nitrogens is 1. The average molecular weight is 345 g/mol. The number of hydrogen-bond donors (Lipinski definition) is 2. The molecule has 2 N–H and O–H groups in total. The van der Waals surface area contributed by atoms with Crippen molar-refractivity contribution in [3.05, 3.63) is 58.6 Å². The largest absolute Gasteiger partial charge is 0.497 e. The second-order valence-electron chi connectivity index (χ2n) is 5.51. The number of benzene rings is 2. The Morgan fingerprint density at radius 1 is 1.33 bits per heavy atom. The van der Waals surface area contributed by atoms with Gasteiger partial charge in [0.25, 0.3) is 5.91 Å². The zero-order valence-corrected chi connectivity index (χ0v) is 14.4. The maximum absolute atomic E-state index is 12.2. The number of carbonyl (C=O) groups is 1. The van der Waals surface area contributed by atoms with E-state index in [-0.39, 0.29) is 12.5 Å². The summed E-state index contributed by atoms with van der Waals surface area (Å²) in [5.41, 5.74) is 1.91. The quantitative estimate of drug-likeness (QED) is 0.840. The molecule has 0 aliphatic heterocycles. The molecule has 0 aliphatic rings. The van der Waals surface area contributed by atoms with Crippen molar-refractivity contribution in [3.63, 3.8) is 0 Å². The number of likely N-dealkylation sites (N-methyl/N-ethyl adjacent to an activating group) is 1. The van der Waals surface area contributed by atoms with Crippen molar-refractivity contribution in [2.24, 2.45) is 0 Å². The summed E-state index contributed by atoms with van der Waals surface area (Å²) >= 11 is 5.92. The lowest BCUT2D eigenvalue weighted by Gasteiger charge is -2.15. The number of hydrogen-bond acceptors (Lipinski definition) is 3. The van der Waals surface area contributed by atoms with Gasteiger partial charge in [0, 0.05) is 10.6 Å². The molecule has 0 bridgehead atoms. The molecule has 0 fully saturated rings. The summed E-state index contributed by atoms with van der Waals surface area (Å²) in [5.74, 6) is 0.622. The molecule has 1 atom stereocenters. The maximum atomic E-state index is 12.2. The van der Waals surface area contributed by atoms with E-state index >= 15 is 0 Å². The SMILES string of the molecule is COc1cccc(C[NH+](C)CC(=O)Nc2cc(Cl)ccc2C#N)c1. The summed E-state index contributed by atoms with van der Waals surface area (Å²) in [4.78, 5) is 13.2. The van der Waals surface area contributed by atoms with Crippen LogP contribution in [-0.4, -0.2) is 26.6 Å². The molecule has 2 aromatic rings. The first-order valence-corrected chi connectivity index (χ1v) is 7.83. The fourth-order valence-corrected chi connectivity index (χ4v) is 2.55. The molecule has 0 spiro atoms. The van der Waals surface area contributed by atoms with E-state index in [9.17, 15) is 4.79 Å². The molecule has 124 valence electrons. The molecule has 0 radical (unpaired) electrons. The topological polar surface area (TPSA) is 66.6 Å². The first-order valence-electron chi connectivity index (χ1n) is 7.45. The summed E-state index contributed by atoms with van der Waals surface area (Å²) in [5, 5.41) is 12.3. The molecular weight excluding hydrogens is 326 g/mol. The molecule has 0 saturated heterocycles. The minimum Gasteiger partial charge on any atom is -0.497 e. The number of carbonyl (C=O) groups excluding carboxylic acids is 1. The Balaban J connectivity index is 1.97. The monoisotopic (exact) mass is 344 g/mol. The zero-order chi connectivity index (χ0) is 17.5. The van der Waals surface area contributed by atoms with E-state index in [1.807, 2.05) is 37.4 Å². The summed E-state index contributed by atoms with van der Waals surface area (Å²) in [6.45, 7) is 0.958. The predicted octanol–water partition coefficient (Wildman–Crippen LogP) is 1.87. The van der Waals surface area contributed by atoms with Crippen molar-refractivity contribution < 1.29 is 14.4 Å². The van der Waals surface area contributed by atoms with E-state index < -0.39 is 0 Å². The summed E-state index contributed by atoms with van der Waals surface area (Å²) in [6.07, 6.45) is 0. The highest BCUT2D eigenvalue weighted by atomic mass is 35.5. The van der Waals surface area contributed by atoms with Crippen molar-refractivity contribution >= 4 is 23.2 Å². The van der Waals surface area contributed by atoms with Gasteiger partial charge in [-0.2, -0.15) is 5.26 Å². The number of rotatable bonds is 6. The van der Waals surface area contributed by atoms with Crippen molar-refractivity contribution in [3.8, 4) is 11.8 Å². The Bertz CT molecular complexity index is 771. The van der Waals surface area contributed by atoms with E-state index in [2.05, 4.69) is 5.32 Å². The van der Waals surface area contributed by atoms with Crippen LogP contribution in [0.3, 0.4) is 0 Å². The number of halogens is 1. The molecule has 0 heterocycles. The first kappa shape index (κ1) is 17.8. The first-order chi connectivity index (χ1) is 11.5. The Hall–Kier alpha value is -2.55. The second kappa shape index (κ2) is 8.34. The summed E-state index contributed by atoms with van der Waals surface area (Å²) in [6, 6.07) is 14.6. The van der Waals surface area contributed by atoms with Crippen LogP contribution in [0.5, 0.6) is 5.75 Å². The molecule has 2 aromatic carbocycles. The molecule has 6 heteroatoms. The van der Waals surface area contributed by atoms with Gasteiger partial charge in [0.1, 0.15) is 18.4 Å². The van der Waals surface area contributed by atoms with Crippen molar-refractivity contribution in [1.82, 2.24) is 0 Å². The highest BCUT2D eigenvalue weighted by molar-refractivity contribution is 6.31. The third kappa shape index (κ3) is 4.98. The standard InChI is InChI=1S/C18H18ClN3O2/c1-22(11-13-4-3-5-16(8-13)24-2)12-18(23)21-17-9-15(19)7-6-14(17)10-20/h3-9H,11-12H2,1-2H3,(H,21,23)/p+1. The molecule has 24 heavy (non-hydrogen) atoms. The fraction of sp³-hybridized carbons (Fsp3) is 0.222. The predicted molar refractivity (Wildman–Crippen MR) is 93.2 cm³/mol. The highest BCUT2D eigenvalue weighted by Gasteiger charge is 2.13. The number of methoxy groups -OCH3 is 1. The number of nitrogens with one attached hydrogen (secondary N) is 2. The second-order valence-corrected chi connectivity index (χ2v) is 5.95. The van der Waals surface area contributed by atoms with Crippen molar-refractivity contribution in [2.75, 3.05) is 26.0 Å². The van der Waals surface area contributed by atoms with Gasteiger partial charge in [-0.15, -0.1) is 0 Å². The Kier molecular flexibility index (Phi) is 6.19. The number of amides is 1. The molecular formula is C18H19ClN3O2+. The van der Waals surface area contributed by atoms with E-state index in [4.69, 9.17) is 21.6 Å². The molecule has 1 amide bonds. The van der Waals surface area contributed by atoms with E-state index in [0.29, 0.717) is 22.8 Å². The minimum atomic E-state index is -0.172. The third-order valence-electron chi connectivity index (χ3n) is 3.48. The van der Waals surface area contributed by atoms with Crippen LogP contribution in [0.1, 0.15) is 11.1 Å². The molecule has 0 aromatic heterocycles. The number of nitrogens with zero attached hydrogens (tertiary/aromatic N) is 1. The van der Waals surface area contributed by atoms with Gasteiger partial charge in [0.05, 0.1) is 25.4 Å². The smallest absolute Gasteiger partial charge is 0.279 e. The van der Waals surface area contributed by atoms with Crippen LogP contribution >= 0.6 is 11.6 Å². The van der Waals surface area contributed by atoms with Crippen molar-refractivity contribution in [1.29, 1.82) is 5.26 Å². The Labute approximate surface area is 146 Å². The molecule has 0 aliphatic carbocycles. The number of ether oxygens (including phenoxy) is 1. The Morgan fingerprint density at radius 2 is 2.12 bits per heavy atom. The lowest BCUT2D eigenvalue weighted by atomic mass is 10.2. The lowest BCUT2D eigenvalue weighted by molar-refractivity contribution is -0.885. The summed E-state index contributed by atoms with van der Waals surface area (Å²) < 4.78 is 5.20. The van der Waals surface area contributed by atoms with Gasteiger partial charge in [-0.25, -0.2) is 0 Å². The van der Waals surface area contributed by atoms with E-state index in [1.165, 1.54) is 0 Å². The van der Waals surface area contributed by atoms with Crippen LogP contribution in [-0.2, 0) is 11.3 Å². The normalized spacial score (nSPS) is 11.4. The number of anilines is 1. The van der Waals surface area contributed by atoms with Gasteiger partial charge in [0.2, 0.25) is 0 Å². The Morgan fingerprint density at radius 3 is 2.83 bits per heavy atom. The van der Waals surface area contributed by atoms with Gasteiger partial charge < -0.3 is 15.0 Å². The molecule has 5 nitrogen and oxygen atoms in total. The lowest BCUT2D eigenvalue weighted by Crippen LogP contribution is -3.08. The van der Waals surface area contributed by atoms with Crippen LogP contribution in [0.2, 0.25) is 5.02 Å². The van der Waals surface area contributed by atoms with Crippen LogP contribution in [0.15, 0.2) is 42.5 Å². The van der Waals surface area contributed by atoms with Crippen LogP contribution in [0.25, 0.3) is 0 Å². The molecule has 1 unspecified atom stereocenters. The third-order valence-corrected chi connectivity index (χ3v) is 3.71. The zero-order valence-electron chi connectivity index (χ0n) is 13.6. The van der Waals surface area contributed by atoms with Gasteiger partial charge in [0.15, 0.2) is 6.54 Å².